The number of pyridine rings is 1. The van der Waals surface area contributed by atoms with Crippen molar-refractivity contribution in [3.8, 4) is 34.4 Å². The third kappa shape index (κ3) is 6.87. The molecular formula is C42H52F2N4O3Si. The fourth-order valence-corrected chi connectivity index (χ4v) is 14.4. The number of piperidine rings is 1. The van der Waals surface area contributed by atoms with Crippen LogP contribution in [0.3, 0.4) is 0 Å². The van der Waals surface area contributed by atoms with E-state index < -0.39 is 19.7 Å². The summed E-state index contributed by atoms with van der Waals surface area (Å²) in [6, 6.07) is 6.65. The number of hydrogen-bond acceptors (Lipinski definition) is 7. The zero-order valence-corrected chi connectivity index (χ0v) is 32.7. The normalized spacial score (nSPS) is 18.9. The van der Waals surface area contributed by atoms with E-state index in [1.165, 1.54) is 44.5 Å². The summed E-state index contributed by atoms with van der Waals surface area (Å²) in [5.41, 5.74) is 5.50. The number of fused-ring (bicyclic) bond motifs is 4. The fourth-order valence-electron chi connectivity index (χ4n) is 9.23. The van der Waals surface area contributed by atoms with Crippen LogP contribution in [0.2, 0.25) is 16.6 Å². The van der Waals surface area contributed by atoms with Gasteiger partial charge in [-0.15, -0.1) is 5.54 Å². The predicted molar refractivity (Wildman–Crippen MR) is 207 cm³/mol. The first-order valence-electron chi connectivity index (χ1n) is 19.1. The minimum Gasteiger partial charge on any atom is -0.477 e. The Morgan fingerprint density at radius 1 is 0.904 bits per heavy atom. The smallest absolute Gasteiger partial charge is 0.227 e. The topological polar surface area (TPSA) is 69.6 Å². The molecule has 2 unspecified atom stereocenters. The number of nitrogens with zero attached hydrogens (tertiary/aromatic N) is 4. The van der Waals surface area contributed by atoms with Gasteiger partial charge in [-0.3, -0.25) is 0 Å². The Morgan fingerprint density at radius 2 is 1.62 bits per heavy atom. The van der Waals surface area contributed by atoms with Crippen molar-refractivity contribution in [3.63, 3.8) is 0 Å². The van der Waals surface area contributed by atoms with Crippen molar-refractivity contribution < 1.29 is 23.0 Å². The van der Waals surface area contributed by atoms with Gasteiger partial charge in [-0.1, -0.05) is 66.4 Å². The highest BCUT2D eigenvalue weighted by atomic mass is 28.3. The van der Waals surface area contributed by atoms with Crippen molar-refractivity contribution in [2.24, 2.45) is 17.8 Å². The van der Waals surface area contributed by atoms with Crippen LogP contribution in [-0.4, -0.2) is 56.6 Å². The molecule has 0 radical (unpaired) electrons. The Balaban J connectivity index is 1.47. The van der Waals surface area contributed by atoms with E-state index in [2.05, 4.69) is 62.9 Å². The maximum absolute atomic E-state index is 17.3. The second-order valence-electron chi connectivity index (χ2n) is 16.2. The first-order chi connectivity index (χ1) is 25.0. The van der Waals surface area contributed by atoms with Gasteiger partial charge in [0.2, 0.25) is 5.88 Å². The molecule has 1 aliphatic heterocycles. The highest BCUT2D eigenvalue weighted by Crippen LogP contribution is 2.45. The summed E-state index contributed by atoms with van der Waals surface area (Å²) < 4.78 is 51.2. The Kier molecular flexibility index (Phi) is 10.5. The van der Waals surface area contributed by atoms with Gasteiger partial charge in [0.05, 0.1) is 12.2 Å². The van der Waals surface area contributed by atoms with Crippen LogP contribution in [0, 0.1) is 40.9 Å². The summed E-state index contributed by atoms with van der Waals surface area (Å²) in [5, 5.41) is 1.63. The molecule has 2 saturated carbocycles. The molecular weight excluding hydrogens is 675 g/mol. The lowest BCUT2D eigenvalue weighted by atomic mass is 9.95. The van der Waals surface area contributed by atoms with E-state index in [4.69, 9.17) is 24.2 Å². The number of hydrogen-bond donors (Lipinski definition) is 0. The standard InChI is InChI=1S/C42H52F2N4O3Si/c1-25(2)52(26(3)4,27(5)6)17-15-33-35(43)13-12-31-19-32(51-24-49-7)20-34(36(31)33)39-38(44)40-37(42(47-39)50-16-14-28-8-9-28)41(46-23-45-40)48-21-29-10-11-30(18-29)22-48/h12-13,19-20,23,25-30H,8-11,14,16,18,21-22,24H2,1-7H3. The molecule has 0 amide bonds. The van der Waals surface area contributed by atoms with Gasteiger partial charge in [-0.25, -0.2) is 23.7 Å². The molecule has 3 fully saturated rings. The van der Waals surface area contributed by atoms with E-state index in [1.807, 2.05) is 6.07 Å². The van der Waals surface area contributed by atoms with Crippen LogP contribution >= 0.6 is 0 Å². The Labute approximate surface area is 307 Å². The van der Waals surface area contributed by atoms with Gasteiger partial charge in [0.25, 0.3) is 0 Å². The maximum Gasteiger partial charge on any atom is 0.227 e. The number of anilines is 1. The van der Waals surface area contributed by atoms with Crippen LogP contribution in [0.1, 0.15) is 85.6 Å². The summed E-state index contributed by atoms with van der Waals surface area (Å²) in [7, 11) is -0.708. The number of ether oxygens (including phenoxy) is 3. The molecule has 2 bridgehead atoms. The average molecular weight is 727 g/mol. The van der Waals surface area contributed by atoms with Gasteiger partial charge >= 0.3 is 0 Å². The molecule has 3 aliphatic rings. The minimum absolute atomic E-state index is 0.0122. The predicted octanol–water partition coefficient (Wildman–Crippen LogP) is 10.1. The van der Waals surface area contributed by atoms with E-state index in [9.17, 15) is 0 Å². The molecule has 1 saturated heterocycles. The molecule has 2 aromatic carbocycles. The SMILES string of the molecule is COCOc1cc(-c2nc(OCCC3CC3)c3c(N4CC5CCC(C5)C4)ncnc3c2F)c2c(C#C[Si](C(C)C)(C(C)C)C(C)C)c(F)ccc2c1. The molecule has 0 spiro atoms. The van der Waals surface area contributed by atoms with Crippen molar-refractivity contribution in [3.05, 3.63) is 47.8 Å². The average Bonchev–Trinajstić information content (AvgIpc) is 3.89. The van der Waals surface area contributed by atoms with Crippen LogP contribution in [0.25, 0.3) is 32.9 Å². The number of halogens is 2. The van der Waals surface area contributed by atoms with Crippen LogP contribution in [-0.2, 0) is 4.74 Å². The molecule has 7 nitrogen and oxygen atoms in total. The highest BCUT2D eigenvalue weighted by Gasteiger charge is 2.42. The molecule has 2 atom stereocenters. The second kappa shape index (κ2) is 14.9. The third-order valence-electron chi connectivity index (χ3n) is 11.9. The summed E-state index contributed by atoms with van der Waals surface area (Å²) in [5.74, 6) is 5.52. The first-order valence-corrected chi connectivity index (χ1v) is 21.4. The zero-order valence-electron chi connectivity index (χ0n) is 31.7. The molecule has 7 rings (SSSR count). The third-order valence-corrected chi connectivity index (χ3v) is 18.2. The van der Waals surface area contributed by atoms with Gasteiger partial charge in [0.1, 0.15) is 48.4 Å². The van der Waals surface area contributed by atoms with E-state index >= 15 is 8.78 Å². The Hall–Kier alpha value is -3.81. The monoisotopic (exact) mass is 726 g/mol. The number of aromatic nitrogens is 3. The van der Waals surface area contributed by atoms with E-state index in [0.29, 0.717) is 80.2 Å². The maximum atomic E-state index is 17.3. The van der Waals surface area contributed by atoms with Crippen molar-refractivity contribution in [2.45, 2.75) is 96.7 Å². The van der Waals surface area contributed by atoms with E-state index in [0.717, 1.165) is 19.5 Å². The second-order valence-corrected chi connectivity index (χ2v) is 21.8. The molecule has 4 aromatic rings. The lowest BCUT2D eigenvalue weighted by molar-refractivity contribution is 0.0512. The quantitative estimate of drug-likeness (QED) is 0.0818. The zero-order chi connectivity index (χ0) is 36.7. The minimum atomic E-state index is -2.25. The van der Waals surface area contributed by atoms with Crippen LogP contribution < -0.4 is 14.4 Å². The summed E-state index contributed by atoms with van der Waals surface area (Å²) in [6.45, 7) is 15.6. The van der Waals surface area contributed by atoms with Gasteiger partial charge < -0.3 is 19.1 Å². The van der Waals surface area contributed by atoms with Crippen molar-refractivity contribution >= 4 is 35.6 Å². The molecule has 10 heteroatoms. The number of benzene rings is 2. The van der Waals surface area contributed by atoms with Crippen LogP contribution in [0.4, 0.5) is 14.6 Å². The lowest BCUT2D eigenvalue weighted by Gasteiger charge is -2.38. The lowest BCUT2D eigenvalue weighted by Crippen LogP contribution is -2.43. The molecule has 276 valence electrons. The number of rotatable bonds is 12. The van der Waals surface area contributed by atoms with Gasteiger partial charge in [0.15, 0.2) is 12.6 Å². The van der Waals surface area contributed by atoms with E-state index in [-0.39, 0.29) is 23.6 Å². The summed E-state index contributed by atoms with van der Waals surface area (Å²) in [4.78, 5) is 16.5. The summed E-state index contributed by atoms with van der Waals surface area (Å²) in [6.07, 6.45) is 8.37. The summed E-state index contributed by atoms with van der Waals surface area (Å²) >= 11 is 0. The molecule has 2 aromatic heterocycles. The van der Waals surface area contributed by atoms with Crippen molar-refractivity contribution in [1.29, 1.82) is 0 Å². The molecule has 0 N–H and O–H groups in total. The van der Waals surface area contributed by atoms with Gasteiger partial charge in [0, 0.05) is 31.1 Å². The van der Waals surface area contributed by atoms with Gasteiger partial charge in [-0.2, -0.15) is 0 Å². The van der Waals surface area contributed by atoms with Crippen molar-refractivity contribution in [2.75, 3.05) is 38.5 Å². The molecule has 2 aliphatic carbocycles. The Bertz CT molecular complexity index is 1990. The van der Waals surface area contributed by atoms with Crippen LogP contribution in [0.15, 0.2) is 30.6 Å². The molecule has 52 heavy (non-hydrogen) atoms. The van der Waals surface area contributed by atoms with Crippen LogP contribution in [0.5, 0.6) is 11.6 Å². The highest BCUT2D eigenvalue weighted by molar-refractivity contribution is 6.90. The Morgan fingerprint density at radius 3 is 2.27 bits per heavy atom. The van der Waals surface area contributed by atoms with Crippen molar-refractivity contribution in [1.82, 2.24) is 15.0 Å². The largest absolute Gasteiger partial charge is 0.477 e. The molecule has 3 heterocycles. The van der Waals surface area contributed by atoms with Gasteiger partial charge in [-0.05, 0) is 83.6 Å². The van der Waals surface area contributed by atoms with E-state index in [1.54, 1.807) is 19.2 Å². The number of methoxy groups -OCH3 is 1. The first kappa shape index (κ1) is 36.5. The fraction of sp³-hybridized carbons (Fsp3) is 0.548.